The summed E-state index contributed by atoms with van der Waals surface area (Å²) in [5.74, 6) is 0. The van der Waals surface area contributed by atoms with Gasteiger partial charge >= 0.3 is 0 Å². The van der Waals surface area contributed by atoms with E-state index in [2.05, 4.69) is 10.6 Å². The Morgan fingerprint density at radius 1 is 1.50 bits per heavy atom. The summed E-state index contributed by atoms with van der Waals surface area (Å²) in [6.45, 7) is 5.33. The Bertz CT molecular complexity index is 106. The molecule has 0 radical (unpaired) electrons. The van der Waals surface area contributed by atoms with Crippen LogP contribution in [-0.2, 0) is 0 Å². The normalized spacial score (nSPS) is 33.6. The molecule has 1 heterocycles. The fraction of sp³-hybridized carbons (Fsp3) is 1.00. The molecule has 0 aromatic heterocycles. The first-order chi connectivity index (χ1) is 4.70. The van der Waals surface area contributed by atoms with Crippen molar-refractivity contribution in [3.05, 3.63) is 0 Å². The average Bonchev–Trinajstić information content (AvgIpc) is 2.15. The van der Waals surface area contributed by atoms with E-state index in [1.165, 1.54) is 0 Å². The third-order valence-electron chi connectivity index (χ3n) is 1.69. The van der Waals surface area contributed by atoms with Gasteiger partial charge in [-0.1, -0.05) is 13.8 Å². The highest BCUT2D eigenvalue weighted by atomic mass is 19.1. The smallest absolute Gasteiger partial charge is 0.129 e. The van der Waals surface area contributed by atoms with Crippen molar-refractivity contribution >= 4 is 0 Å². The number of alkyl halides is 1. The van der Waals surface area contributed by atoms with Crippen LogP contribution in [0.4, 0.5) is 4.39 Å². The minimum absolute atomic E-state index is 0.0278. The molecule has 60 valence electrons. The van der Waals surface area contributed by atoms with E-state index in [9.17, 15) is 4.39 Å². The van der Waals surface area contributed by atoms with Crippen molar-refractivity contribution < 1.29 is 4.39 Å². The van der Waals surface area contributed by atoms with Gasteiger partial charge in [-0.15, -0.1) is 0 Å². The summed E-state index contributed by atoms with van der Waals surface area (Å²) in [7, 11) is 0. The van der Waals surface area contributed by atoms with Crippen LogP contribution in [0.25, 0.3) is 0 Å². The van der Waals surface area contributed by atoms with Gasteiger partial charge in [0.25, 0.3) is 0 Å². The van der Waals surface area contributed by atoms with Crippen LogP contribution in [0.15, 0.2) is 0 Å². The fourth-order valence-electron chi connectivity index (χ4n) is 1.24. The Hall–Kier alpha value is -0.150. The van der Waals surface area contributed by atoms with Crippen LogP contribution in [0.2, 0.25) is 0 Å². The predicted octanol–water partition coefficient (Wildman–Crippen LogP) is 0.294. The molecule has 2 atom stereocenters. The zero-order valence-electron chi connectivity index (χ0n) is 6.52. The minimum Gasteiger partial charge on any atom is -0.312 e. The van der Waals surface area contributed by atoms with Crippen molar-refractivity contribution in [2.75, 3.05) is 13.1 Å². The summed E-state index contributed by atoms with van der Waals surface area (Å²) < 4.78 is 12.8. The molecular formula is C7H15FN2. The zero-order valence-corrected chi connectivity index (χ0v) is 6.52. The molecule has 1 fully saturated rings. The standard InChI is InChI=1S/C7H15FN2/c1-5(2)10-7-4-9-3-6(7)8/h5-7,9-10H,3-4H2,1-2H3/t6-,7-/m0/s1. The maximum atomic E-state index is 12.8. The second-order valence-electron chi connectivity index (χ2n) is 3.10. The van der Waals surface area contributed by atoms with Gasteiger partial charge in [-0.05, 0) is 0 Å². The van der Waals surface area contributed by atoms with Gasteiger partial charge in [0, 0.05) is 19.1 Å². The van der Waals surface area contributed by atoms with Crippen LogP contribution in [0.5, 0.6) is 0 Å². The lowest BCUT2D eigenvalue weighted by molar-refractivity contribution is 0.288. The SMILES string of the molecule is CC(C)N[C@H]1CNC[C@@H]1F. The Morgan fingerprint density at radius 2 is 2.20 bits per heavy atom. The van der Waals surface area contributed by atoms with Gasteiger partial charge in [0.1, 0.15) is 6.17 Å². The lowest BCUT2D eigenvalue weighted by Gasteiger charge is -2.16. The van der Waals surface area contributed by atoms with E-state index in [0.29, 0.717) is 12.6 Å². The maximum Gasteiger partial charge on any atom is 0.129 e. The van der Waals surface area contributed by atoms with Crippen molar-refractivity contribution in [2.24, 2.45) is 0 Å². The molecule has 0 aromatic rings. The zero-order chi connectivity index (χ0) is 7.56. The molecule has 1 rings (SSSR count). The molecule has 0 aliphatic carbocycles. The van der Waals surface area contributed by atoms with Crippen molar-refractivity contribution in [3.63, 3.8) is 0 Å². The Morgan fingerprint density at radius 3 is 2.60 bits per heavy atom. The average molecular weight is 146 g/mol. The highest BCUT2D eigenvalue weighted by Gasteiger charge is 2.26. The highest BCUT2D eigenvalue weighted by Crippen LogP contribution is 2.04. The Balaban J connectivity index is 2.26. The van der Waals surface area contributed by atoms with Gasteiger partial charge in [-0.3, -0.25) is 0 Å². The van der Waals surface area contributed by atoms with Crippen molar-refractivity contribution in [1.29, 1.82) is 0 Å². The summed E-state index contributed by atoms with van der Waals surface area (Å²) in [5, 5.41) is 6.14. The second kappa shape index (κ2) is 3.30. The Kier molecular flexibility index (Phi) is 2.63. The highest BCUT2D eigenvalue weighted by molar-refractivity contribution is 4.87. The first-order valence-corrected chi connectivity index (χ1v) is 3.81. The molecular weight excluding hydrogens is 131 g/mol. The second-order valence-corrected chi connectivity index (χ2v) is 3.10. The molecule has 2 N–H and O–H groups in total. The third-order valence-corrected chi connectivity index (χ3v) is 1.69. The largest absolute Gasteiger partial charge is 0.312 e. The molecule has 0 amide bonds. The minimum atomic E-state index is -0.706. The number of nitrogens with one attached hydrogen (secondary N) is 2. The molecule has 1 aliphatic heterocycles. The summed E-state index contributed by atoms with van der Waals surface area (Å²) in [4.78, 5) is 0. The number of hydrogen-bond donors (Lipinski definition) is 2. The first-order valence-electron chi connectivity index (χ1n) is 3.81. The van der Waals surface area contributed by atoms with Gasteiger partial charge in [0.05, 0.1) is 6.04 Å². The van der Waals surface area contributed by atoms with E-state index in [0.717, 1.165) is 6.54 Å². The van der Waals surface area contributed by atoms with Crippen LogP contribution >= 0.6 is 0 Å². The number of hydrogen-bond acceptors (Lipinski definition) is 2. The molecule has 1 saturated heterocycles. The number of halogens is 1. The summed E-state index contributed by atoms with van der Waals surface area (Å²) >= 11 is 0. The van der Waals surface area contributed by atoms with Gasteiger partial charge < -0.3 is 10.6 Å². The van der Waals surface area contributed by atoms with E-state index >= 15 is 0 Å². The van der Waals surface area contributed by atoms with Crippen LogP contribution in [0, 0.1) is 0 Å². The molecule has 10 heavy (non-hydrogen) atoms. The molecule has 2 nitrogen and oxygen atoms in total. The first kappa shape index (κ1) is 7.95. The molecule has 0 spiro atoms. The van der Waals surface area contributed by atoms with E-state index < -0.39 is 6.17 Å². The van der Waals surface area contributed by atoms with Crippen LogP contribution in [0.1, 0.15) is 13.8 Å². The van der Waals surface area contributed by atoms with E-state index in [4.69, 9.17) is 0 Å². The lowest BCUT2D eigenvalue weighted by Crippen LogP contribution is -2.41. The van der Waals surface area contributed by atoms with E-state index in [1.807, 2.05) is 13.8 Å². The van der Waals surface area contributed by atoms with Crippen LogP contribution in [-0.4, -0.2) is 31.3 Å². The van der Waals surface area contributed by atoms with Crippen molar-refractivity contribution in [2.45, 2.75) is 32.1 Å². The van der Waals surface area contributed by atoms with Crippen LogP contribution in [0.3, 0.4) is 0 Å². The molecule has 1 aliphatic rings. The molecule has 0 unspecified atom stereocenters. The topological polar surface area (TPSA) is 24.1 Å². The van der Waals surface area contributed by atoms with E-state index in [-0.39, 0.29) is 6.04 Å². The van der Waals surface area contributed by atoms with E-state index in [1.54, 1.807) is 0 Å². The molecule has 3 heteroatoms. The molecule has 0 bridgehead atoms. The fourth-order valence-corrected chi connectivity index (χ4v) is 1.24. The quantitative estimate of drug-likeness (QED) is 0.585. The van der Waals surface area contributed by atoms with Gasteiger partial charge in [-0.2, -0.15) is 0 Å². The summed E-state index contributed by atoms with van der Waals surface area (Å²) in [6.07, 6.45) is -0.706. The summed E-state index contributed by atoms with van der Waals surface area (Å²) in [6, 6.07) is 0.406. The number of rotatable bonds is 2. The van der Waals surface area contributed by atoms with Gasteiger partial charge in [0.15, 0.2) is 0 Å². The summed E-state index contributed by atoms with van der Waals surface area (Å²) in [5.41, 5.74) is 0. The Labute approximate surface area is 61.2 Å². The third kappa shape index (κ3) is 1.92. The van der Waals surface area contributed by atoms with Crippen molar-refractivity contribution in [1.82, 2.24) is 10.6 Å². The van der Waals surface area contributed by atoms with Gasteiger partial charge in [0.2, 0.25) is 0 Å². The molecule has 0 saturated carbocycles. The lowest BCUT2D eigenvalue weighted by atomic mass is 10.2. The van der Waals surface area contributed by atoms with Crippen LogP contribution < -0.4 is 10.6 Å². The van der Waals surface area contributed by atoms with Crippen molar-refractivity contribution in [3.8, 4) is 0 Å². The maximum absolute atomic E-state index is 12.8. The predicted molar refractivity (Wildman–Crippen MR) is 39.8 cm³/mol. The van der Waals surface area contributed by atoms with Gasteiger partial charge in [-0.25, -0.2) is 4.39 Å². The monoisotopic (exact) mass is 146 g/mol. The molecule has 0 aromatic carbocycles.